The van der Waals surface area contributed by atoms with E-state index >= 15 is 0 Å². The molecule has 1 aromatic carbocycles. The highest BCUT2D eigenvalue weighted by Gasteiger charge is 2.41. The molecule has 8 heteroatoms. The summed E-state index contributed by atoms with van der Waals surface area (Å²) in [7, 11) is 0. The SMILES string of the molecule is NC(=O)N1[C@@H]2CC[C@H]1CN(Cc1ccc(Oc3nc4ncccc4s3)cc1)C2. The van der Waals surface area contributed by atoms with Crippen LogP contribution in [0.1, 0.15) is 18.4 Å². The molecule has 3 aromatic rings. The van der Waals surface area contributed by atoms with Gasteiger partial charge in [-0.1, -0.05) is 23.5 Å². The third-order valence-electron chi connectivity index (χ3n) is 5.49. The highest BCUT2D eigenvalue weighted by molar-refractivity contribution is 7.20. The molecule has 2 saturated heterocycles. The van der Waals surface area contributed by atoms with E-state index in [-0.39, 0.29) is 18.1 Å². The first-order chi connectivity index (χ1) is 13.7. The number of carbonyl (C=O) groups is 1. The number of hydrogen-bond donors (Lipinski definition) is 1. The van der Waals surface area contributed by atoms with Crippen LogP contribution in [0, 0.1) is 0 Å². The Bertz CT molecular complexity index is 958. The summed E-state index contributed by atoms with van der Waals surface area (Å²) in [6.45, 7) is 2.64. The lowest BCUT2D eigenvalue weighted by atomic mass is 10.1. The van der Waals surface area contributed by atoms with E-state index in [0.29, 0.717) is 10.8 Å². The lowest BCUT2D eigenvalue weighted by Gasteiger charge is -2.40. The number of fused-ring (bicyclic) bond motifs is 3. The van der Waals surface area contributed by atoms with E-state index in [1.165, 1.54) is 16.9 Å². The van der Waals surface area contributed by atoms with Gasteiger partial charge in [-0.05, 0) is 42.7 Å². The maximum atomic E-state index is 11.6. The molecule has 2 N–H and O–H groups in total. The summed E-state index contributed by atoms with van der Waals surface area (Å²) in [5, 5.41) is 0.598. The molecule has 2 fully saturated rings. The molecule has 0 spiro atoms. The molecule has 0 unspecified atom stereocenters. The number of pyridine rings is 1. The first-order valence-corrected chi connectivity index (χ1v) is 10.3. The van der Waals surface area contributed by atoms with Crippen LogP contribution in [0.4, 0.5) is 4.79 Å². The summed E-state index contributed by atoms with van der Waals surface area (Å²) >= 11 is 1.49. The summed E-state index contributed by atoms with van der Waals surface area (Å²) in [5.74, 6) is 0.765. The van der Waals surface area contributed by atoms with Crippen molar-refractivity contribution in [3.63, 3.8) is 0 Å². The van der Waals surface area contributed by atoms with Gasteiger partial charge in [-0.15, -0.1) is 0 Å². The minimum absolute atomic E-state index is 0.256. The van der Waals surface area contributed by atoms with Crippen molar-refractivity contribution in [2.24, 2.45) is 5.73 Å². The molecule has 28 heavy (non-hydrogen) atoms. The number of piperazine rings is 1. The highest BCUT2D eigenvalue weighted by atomic mass is 32.1. The van der Waals surface area contributed by atoms with Gasteiger partial charge in [-0.2, -0.15) is 4.98 Å². The number of aromatic nitrogens is 2. The Kier molecular flexibility index (Phi) is 4.37. The van der Waals surface area contributed by atoms with Crippen molar-refractivity contribution in [1.82, 2.24) is 19.8 Å². The van der Waals surface area contributed by atoms with E-state index in [0.717, 1.165) is 42.9 Å². The van der Waals surface area contributed by atoms with Gasteiger partial charge >= 0.3 is 6.03 Å². The molecule has 2 atom stereocenters. The number of benzene rings is 1. The number of hydrogen-bond acceptors (Lipinski definition) is 6. The predicted octanol–water partition coefficient (Wildman–Crippen LogP) is 3.21. The Morgan fingerprint density at radius 2 is 1.93 bits per heavy atom. The van der Waals surface area contributed by atoms with Crippen LogP contribution in [0.5, 0.6) is 10.9 Å². The van der Waals surface area contributed by atoms with Crippen LogP contribution in [0.15, 0.2) is 42.6 Å². The van der Waals surface area contributed by atoms with E-state index < -0.39 is 0 Å². The zero-order valence-corrected chi connectivity index (χ0v) is 16.1. The largest absolute Gasteiger partial charge is 0.431 e. The standard InChI is InChI=1S/C20H21N5O2S/c21-19(26)25-14-5-6-15(25)12-24(11-14)10-13-3-7-16(8-4-13)27-20-23-18-17(28-20)2-1-9-22-18/h1-4,7-9,14-15H,5-6,10-12H2,(H2,21,26)/t14-,15+. The number of likely N-dealkylation sites (tertiary alicyclic amines) is 1. The van der Waals surface area contributed by atoms with E-state index in [1.807, 2.05) is 29.2 Å². The molecule has 2 aliphatic heterocycles. The van der Waals surface area contributed by atoms with Gasteiger partial charge in [-0.25, -0.2) is 9.78 Å². The second-order valence-electron chi connectivity index (χ2n) is 7.38. The molecular weight excluding hydrogens is 374 g/mol. The number of carbonyl (C=O) groups excluding carboxylic acids is 1. The smallest absolute Gasteiger partial charge is 0.315 e. The number of ether oxygens (including phenoxy) is 1. The summed E-state index contributed by atoms with van der Waals surface area (Å²) in [4.78, 5) is 24.6. The van der Waals surface area contributed by atoms with Gasteiger partial charge < -0.3 is 15.4 Å². The van der Waals surface area contributed by atoms with Crippen LogP contribution < -0.4 is 10.5 Å². The van der Waals surface area contributed by atoms with Crippen molar-refractivity contribution in [3.8, 4) is 10.9 Å². The second kappa shape index (κ2) is 7.03. The van der Waals surface area contributed by atoms with E-state index in [4.69, 9.17) is 10.5 Å². The average molecular weight is 395 g/mol. The van der Waals surface area contributed by atoms with E-state index in [1.54, 1.807) is 6.20 Å². The third-order valence-corrected chi connectivity index (χ3v) is 6.38. The molecule has 2 bridgehead atoms. The Hall–Kier alpha value is -2.71. The monoisotopic (exact) mass is 395 g/mol. The van der Waals surface area contributed by atoms with Gasteiger partial charge in [0.2, 0.25) is 0 Å². The average Bonchev–Trinajstić information content (AvgIpc) is 3.21. The molecule has 0 saturated carbocycles. The third kappa shape index (κ3) is 3.29. The Morgan fingerprint density at radius 1 is 1.18 bits per heavy atom. The summed E-state index contributed by atoms with van der Waals surface area (Å²) < 4.78 is 6.90. The number of primary amides is 1. The molecule has 7 nitrogen and oxygen atoms in total. The zero-order chi connectivity index (χ0) is 19.1. The van der Waals surface area contributed by atoms with Gasteiger partial charge in [0.05, 0.1) is 4.70 Å². The van der Waals surface area contributed by atoms with Crippen LogP contribution in [0.3, 0.4) is 0 Å². The molecule has 4 heterocycles. The highest BCUT2D eigenvalue weighted by Crippen LogP contribution is 2.32. The van der Waals surface area contributed by atoms with Gasteiger partial charge in [-0.3, -0.25) is 4.90 Å². The lowest BCUT2D eigenvalue weighted by molar-refractivity contribution is 0.0883. The first kappa shape index (κ1) is 17.4. The second-order valence-corrected chi connectivity index (χ2v) is 8.37. The minimum atomic E-state index is -0.279. The maximum absolute atomic E-state index is 11.6. The Labute approximate surface area is 166 Å². The number of nitrogens with two attached hydrogens (primary N) is 1. The van der Waals surface area contributed by atoms with Crippen molar-refractivity contribution in [2.45, 2.75) is 31.5 Å². The number of thiazole rings is 1. The van der Waals surface area contributed by atoms with Crippen molar-refractivity contribution in [1.29, 1.82) is 0 Å². The molecule has 5 rings (SSSR count). The fourth-order valence-electron chi connectivity index (χ4n) is 4.29. The van der Waals surface area contributed by atoms with Crippen LogP contribution in [-0.4, -0.2) is 51.0 Å². The quantitative estimate of drug-likeness (QED) is 0.733. The number of amides is 2. The number of nitrogens with zero attached hydrogens (tertiary/aromatic N) is 4. The topological polar surface area (TPSA) is 84.6 Å². The number of urea groups is 1. The molecule has 2 aromatic heterocycles. The van der Waals surface area contributed by atoms with Gasteiger partial charge in [0.25, 0.3) is 5.19 Å². The fourth-order valence-corrected chi connectivity index (χ4v) is 5.09. The first-order valence-electron chi connectivity index (χ1n) is 9.44. The van der Waals surface area contributed by atoms with Crippen LogP contribution in [-0.2, 0) is 6.54 Å². The zero-order valence-electron chi connectivity index (χ0n) is 15.3. The van der Waals surface area contributed by atoms with Crippen molar-refractivity contribution < 1.29 is 9.53 Å². The summed E-state index contributed by atoms with van der Waals surface area (Å²) in [5.41, 5.74) is 7.48. The molecule has 2 aliphatic rings. The van der Waals surface area contributed by atoms with Gasteiger partial charge in [0.1, 0.15) is 5.75 Å². The summed E-state index contributed by atoms with van der Waals surface area (Å²) in [6.07, 6.45) is 3.83. The lowest BCUT2D eigenvalue weighted by Crippen LogP contribution is -2.56. The van der Waals surface area contributed by atoms with Crippen LogP contribution in [0.2, 0.25) is 0 Å². The van der Waals surface area contributed by atoms with E-state index in [9.17, 15) is 4.79 Å². The fraction of sp³-hybridized carbons (Fsp3) is 0.350. The predicted molar refractivity (Wildman–Crippen MR) is 107 cm³/mol. The minimum Gasteiger partial charge on any atom is -0.431 e. The number of rotatable bonds is 4. The van der Waals surface area contributed by atoms with Gasteiger partial charge in [0.15, 0.2) is 5.65 Å². The molecule has 0 aliphatic carbocycles. The maximum Gasteiger partial charge on any atom is 0.315 e. The molecule has 144 valence electrons. The van der Waals surface area contributed by atoms with Crippen molar-refractivity contribution in [3.05, 3.63) is 48.2 Å². The van der Waals surface area contributed by atoms with Gasteiger partial charge in [0, 0.05) is 37.9 Å². The van der Waals surface area contributed by atoms with Crippen LogP contribution >= 0.6 is 11.3 Å². The Balaban J connectivity index is 1.23. The van der Waals surface area contributed by atoms with E-state index in [2.05, 4.69) is 27.0 Å². The summed E-state index contributed by atoms with van der Waals surface area (Å²) in [6, 6.07) is 12.2. The molecule has 0 radical (unpaired) electrons. The van der Waals surface area contributed by atoms with Crippen molar-refractivity contribution >= 4 is 27.7 Å². The normalized spacial score (nSPS) is 21.9. The van der Waals surface area contributed by atoms with Crippen LogP contribution in [0.25, 0.3) is 10.3 Å². The molecule has 2 amide bonds. The molecular formula is C20H21N5O2S. The van der Waals surface area contributed by atoms with Crippen molar-refractivity contribution in [2.75, 3.05) is 13.1 Å². The Morgan fingerprint density at radius 3 is 2.61 bits per heavy atom.